The SMILES string of the molecule is CCCNc1ccc([N+](=O)[O-])cc1S(=O)(=O)NC(C)C. The molecule has 0 fully saturated rings. The van der Waals surface area contributed by atoms with Crippen molar-refractivity contribution in [1.29, 1.82) is 0 Å². The molecule has 0 aliphatic rings. The molecule has 0 saturated carbocycles. The maximum atomic E-state index is 12.2. The smallest absolute Gasteiger partial charge is 0.270 e. The maximum absolute atomic E-state index is 12.2. The second-order valence-electron chi connectivity index (χ2n) is 4.64. The number of hydrogen-bond acceptors (Lipinski definition) is 5. The van der Waals surface area contributed by atoms with E-state index in [1.165, 1.54) is 12.1 Å². The number of nitro groups is 1. The monoisotopic (exact) mass is 301 g/mol. The molecule has 7 nitrogen and oxygen atoms in total. The molecule has 0 atom stereocenters. The van der Waals surface area contributed by atoms with Gasteiger partial charge in [0.05, 0.1) is 10.6 Å². The van der Waals surface area contributed by atoms with Crippen LogP contribution in [0.4, 0.5) is 11.4 Å². The Morgan fingerprint density at radius 1 is 1.35 bits per heavy atom. The third kappa shape index (κ3) is 4.17. The molecule has 0 unspecified atom stereocenters. The number of nitro benzene ring substituents is 1. The first-order chi connectivity index (χ1) is 9.27. The normalized spacial score (nSPS) is 11.6. The van der Waals surface area contributed by atoms with Gasteiger partial charge in [0.25, 0.3) is 5.69 Å². The molecule has 0 aliphatic carbocycles. The fourth-order valence-corrected chi connectivity index (χ4v) is 3.08. The van der Waals surface area contributed by atoms with Gasteiger partial charge >= 0.3 is 0 Å². The fourth-order valence-electron chi connectivity index (χ4n) is 1.63. The highest BCUT2D eigenvalue weighted by Gasteiger charge is 2.22. The largest absolute Gasteiger partial charge is 0.384 e. The van der Waals surface area contributed by atoms with Gasteiger partial charge in [0, 0.05) is 24.7 Å². The molecule has 0 aromatic heterocycles. The zero-order valence-corrected chi connectivity index (χ0v) is 12.5. The molecule has 0 aliphatic heterocycles. The van der Waals surface area contributed by atoms with Gasteiger partial charge in [-0.1, -0.05) is 6.92 Å². The Balaban J connectivity index is 3.30. The van der Waals surface area contributed by atoms with Gasteiger partial charge in [-0.2, -0.15) is 0 Å². The van der Waals surface area contributed by atoms with E-state index < -0.39 is 14.9 Å². The summed E-state index contributed by atoms with van der Waals surface area (Å²) in [6, 6.07) is 3.48. The zero-order valence-electron chi connectivity index (χ0n) is 11.7. The lowest BCUT2D eigenvalue weighted by atomic mass is 10.3. The molecule has 1 rings (SSSR count). The van der Waals surface area contributed by atoms with Gasteiger partial charge in [-0.15, -0.1) is 0 Å². The van der Waals surface area contributed by atoms with E-state index in [2.05, 4.69) is 10.0 Å². The molecule has 0 spiro atoms. The van der Waals surface area contributed by atoms with Gasteiger partial charge in [0.15, 0.2) is 0 Å². The lowest BCUT2D eigenvalue weighted by Crippen LogP contribution is -2.30. The fraction of sp³-hybridized carbons (Fsp3) is 0.500. The molecule has 0 saturated heterocycles. The van der Waals surface area contributed by atoms with Gasteiger partial charge in [-0.25, -0.2) is 13.1 Å². The Kier molecular flexibility index (Phi) is 5.46. The Bertz CT molecular complexity index is 584. The summed E-state index contributed by atoms with van der Waals surface area (Å²) in [7, 11) is -3.79. The number of nitrogens with one attached hydrogen (secondary N) is 2. The minimum Gasteiger partial charge on any atom is -0.384 e. The predicted octanol–water partition coefficient (Wildman–Crippen LogP) is 2.10. The van der Waals surface area contributed by atoms with E-state index in [1.807, 2.05) is 6.92 Å². The third-order valence-corrected chi connectivity index (χ3v) is 4.12. The first-order valence-electron chi connectivity index (χ1n) is 6.32. The summed E-state index contributed by atoms with van der Waals surface area (Å²) in [4.78, 5) is 10.1. The van der Waals surface area contributed by atoms with Crippen LogP contribution in [0.2, 0.25) is 0 Å². The van der Waals surface area contributed by atoms with Gasteiger partial charge in [0.2, 0.25) is 10.0 Å². The molecule has 0 amide bonds. The minimum absolute atomic E-state index is 0.103. The summed E-state index contributed by atoms with van der Waals surface area (Å²) < 4.78 is 26.9. The Labute approximate surface area is 118 Å². The standard InChI is InChI=1S/C12H19N3O4S/c1-4-7-13-11-6-5-10(15(16)17)8-12(11)20(18,19)14-9(2)3/h5-6,8-9,13-14H,4,7H2,1-3H3. The van der Waals surface area contributed by atoms with Crippen LogP contribution in [0.3, 0.4) is 0 Å². The van der Waals surface area contributed by atoms with Gasteiger partial charge < -0.3 is 5.32 Å². The summed E-state index contributed by atoms with van der Waals surface area (Å²) >= 11 is 0. The van der Waals surface area contributed by atoms with E-state index in [4.69, 9.17) is 0 Å². The summed E-state index contributed by atoms with van der Waals surface area (Å²) in [5, 5.41) is 13.8. The average Bonchev–Trinajstić information content (AvgIpc) is 2.34. The van der Waals surface area contributed by atoms with E-state index in [-0.39, 0.29) is 16.6 Å². The summed E-state index contributed by atoms with van der Waals surface area (Å²) in [6.07, 6.45) is 0.814. The van der Waals surface area contributed by atoms with Gasteiger partial charge in [-0.3, -0.25) is 10.1 Å². The average molecular weight is 301 g/mol. The molecular formula is C12H19N3O4S. The number of nitrogens with zero attached hydrogens (tertiary/aromatic N) is 1. The van der Waals surface area contributed by atoms with Crippen molar-refractivity contribution in [3.8, 4) is 0 Å². The lowest BCUT2D eigenvalue weighted by Gasteiger charge is -2.14. The lowest BCUT2D eigenvalue weighted by molar-refractivity contribution is -0.385. The number of non-ortho nitro benzene ring substituents is 1. The first kappa shape index (κ1) is 16.4. The van der Waals surface area contributed by atoms with Crippen molar-refractivity contribution in [2.45, 2.75) is 38.1 Å². The molecule has 1 aromatic carbocycles. The Morgan fingerprint density at radius 2 is 2.00 bits per heavy atom. The highest BCUT2D eigenvalue weighted by Crippen LogP contribution is 2.26. The van der Waals surface area contributed by atoms with Crippen LogP contribution in [0.5, 0.6) is 0 Å². The second kappa shape index (κ2) is 6.67. The molecular weight excluding hydrogens is 282 g/mol. The molecule has 0 radical (unpaired) electrons. The van der Waals surface area contributed by atoms with Crippen molar-refractivity contribution < 1.29 is 13.3 Å². The molecule has 20 heavy (non-hydrogen) atoms. The quantitative estimate of drug-likeness (QED) is 0.593. The number of anilines is 1. The highest BCUT2D eigenvalue weighted by atomic mass is 32.2. The molecule has 2 N–H and O–H groups in total. The van der Waals surface area contributed by atoms with Crippen molar-refractivity contribution in [2.24, 2.45) is 0 Å². The van der Waals surface area contributed by atoms with Crippen molar-refractivity contribution >= 4 is 21.4 Å². The van der Waals surface area contributed by atoms with Crippen LogP contribution in [-0.4, -0.2) is 25.9 Å². The topological polar surface area (TPSA) is 101 Å². The molecule has 1 aromatic rings. The third-order valence-electron chi connectivity index (χ3n) is 2.42. The minimum atomic E-state index is -3.79. The molecule has 0 heterocycles. The van der Waals surface area contributed by atoms with E-state index in [9.17, 15) is 18.5 Å². The van der Waals surface area contributed by atoms with Crippen molar-refractivity contribution in [2.75, 3.05) is 11.9 Å². The van der Waals surface area contributed by atoms with Crippen molar-refractivity contribution in [3.63, 3.8) is 0 Å². The van der Waals surface area contributed by atoms with Gasteiger partial charge in [-0.05, 0) is 26.3 Å². The van der Waals surface area contributed by atoms with Crippen molar-refractivity contribution in [3.05, 3.63) is 28.3 Å². The van der Waals surface area contributed by atoms with E-state index >= 15 is 0 Å². The molecule has 0 bridgehead atoms. The second-order valence-corrected chi connectivity index (χ2v) is 6.32. The summed E-state index contributed by atoms with van der Waals surface area (Å²) in [5.74, 6) is 0. The zero-order chi connectivity index (χ0) is 15.3. The van der Waals surface area contributed by atoms with E-state index in [0.29, 0.717) is 12.2 Å². The van der Waals surface area contributed by atoms with Gasteiger partial charge in [0.1, 0.15) is 4.90 Å². The predicted molar refractivity (Wildman–Crippen MR) is 77.3 cm³/mol. The molecule has 8 heteroatoms. The van der Waals surface area contributed by atoms with E-state index in [0.717, 1.165) is 12.5 Å². The number of hydrogen-bond donors (Lipinski definition) is 2. The maximum Gasteiger partial charge on any atom is 0.270 e. The number of sulfonamides is 1. The van der Waals surface area contributed by atoms with Crippen LogP contribution in [0.25, 0.3) is 0 Å². The van der Waals surface area contributed by atoms with E-state index in [1.54, 1.807) is 13.8 Å². The van der Waals surface area contributed by atoms with Crippen LogP contribution in [-0.2, 0) is 10.0 Å². The summed E-state index contributed by atoms with van der Waals surface area (Å²) in [6.45, 7) is 5.91. The van der Waals surface area contributed by atoms with Crippen LogP contribution in [0, 0.1) is 10.1 Å². The molecule has 112 valence electrons. The van der Waals surface area contributed by atoms with Crippen LogP contribution in [0.1, 0.15) is 27.2 Å². The van der Waals surface area contributed by atoms with Crippen LogP contribution in [0.15, 0.2) is 23.1 Å². The Morgan fingerprint density at radius 3 is 2.50 bits per heavy atom. The number of benzene rings is 1. The van der Waals surface area contributed by atoms with Crippen molar-refractivity contribution in [1.82, 2.24) is 4.72 Å². The van der Waals surface area contributed by atoms with Crippen LogP contribution < -0.4 is 10.0 Å². The van der Waals surface area contributed by atoms with Crippen LogP contribution >= 0.6 is 0 Å². The summed E-state index contributed by atoms with van der Waals surface area (Å²) in [5.41, 5.74) is 0.113. The number of rotatable bonds is 7. The Hall–Kier alpha value is -1.67. The first-order valence-corrected chi connectivity index (χ1v) is 7.81. The highest BCUT2D eigenvalue weighted by molar-refractivity contribution is 7.89.